The maximum absolute atomic E-state index is 13.9. The molecule has 0 heterocycles. The van der Waals surface area contributed by atoms with Crippen LogP contribution in [0.25, 0.3) is 0 Å². The van der Waals surface area contributed by atoms with Gasteiger partial charge in [-0.2, -0.15) is 0 Å². The molecule has 2 nitrogen and oxygen atoms in total. The third kappa shape index (κ3) is 3.12. The molecule has 0 bridgehead atoms. The highest BCUT2D eigenvalue weighted by Crippen LogP contribution is 2.30. The zero-order chi connectivity index (χ0) is 14.9. The average Bonchev–Trinajstić information content (AvgIpc) is 2.33. The smallest absolute Gasteiger partial charge is 0.132 e. The molecule has 0 fully saturated rings. The lowest BCUT2D eigenvalue weighted by molar-refractivity contribution is 0.467. The maximum atomic E-state index is 13.9. The molecule has 1 atom stereocenters. The predicted molar refractivity (Wildman–Crippen MR) is 83.7 cm³/mol. The number of halogens is 2. The predicted octanol–water partition coefficient (Wildman–Crippen LogP) is 5.08. The Balaban J connectivity index is 2.30. The van der Waals surface area contributed by atoms with Gasteiger partial charge in [0.15, 0.2) is 0 Å². The fraction of sp³-hybridized carbons (Fsp3) is 0.250. The molecule has 2 aromatic rings. The van der Waals surface area contributed by atoms with E-state index in [0.29, 0.717) is 5.56 Å². The minimum Gasteiger partial charge on any atom is -0.508 e. The van der Waals surface area contributed by atoms with E-state index in [-0.39, 0.29) is 11.8 Å². The van der Waals surface area contributed by atoms with E-state index in [4.69, 9.17) is 0 Å². The molecule has 0 saturated heterocycles. The Morgan fingerprint density at radius 1 is 1.15 bits per heavy atom. The normalized spacial score (nSPS) is 12.2. The van der Waals surface area contributed by atoms with Gasteiger partial charge in [-0.05, 0) is 50.1 Å². The quantitative estimate of drug-likeness (QED) is 0.818. The van der Waals surface area contributed by atoms with Crippen molar-refractivity contribution in [3.8, 4) is 5.75 Å². The Labute approximate surface area is 126 Å². The lowest BCUT2D eigenvalue weighted by Gasteiger charge is -2.20. The molecule has 0 aliphatic rings. The van der Waals surface area contributed by atoms with Gasteiger partial charge in [-0.3, -0.25) is 0 Å². The highest BCUT2D eigenvalue weighted by molar-refractivity contribution is 9.10. The molecule has 0 radical (unpaired) electrons. The van der Waals surface area contributed by atoms with Gasteiger partial charge in [0.1, 0.15) is 11.6 Å². The van der Waals surface area contributed by atoms with E-state index in [9.17, 15) is 9.50 Å². The van der Waals surface area contributed by atoms with Crippen molar-refractivity contribution in [1.82, 2.24) is 0 Å². The topological polar surface area (TPSA) is 32.3 Å². The van der Waals surface area contributed by atoms with Crippen molar-refractivity contribution in [2.75, 3.05) is 5.32 Å². The summed E-state index contributed by atoms with van der Waals surface area (Å²) in [5.74, 6) is -0.466. The number of nitrogens with one attached hydrogen (secondary N) is 1. The molecule has 20 heavy (non-hydrogen) atoms. The van der Waals surface area contributed by atoms with Crippen LogP contribution in [-0.4, -0.2) is 5.11 Å². The SMILES string of the molecule is Cc1cc(Br)cc(C)c1NC(C)c1ccc(O)cc1F. The molecule has 4 heteroatoms. The molecular weight excluding hydrogens is 321 g/mol. The lowest BCUT2D eigenvalue weighted by Crippen LogP contribution is -2.10. The number of hydrogen-bond donors (Lipinski definition) is 2. The Morgan fingerprint density at radius 2 is 1.75 bits per heavy atom. The van der Waals surface area contributed by atoms with E-state index in [0.717, 1.165) is 27.4 Å². The number of phenols is 1. The van der Waals surface area contributed by atoms with Gasteiger partial charge in [-0.15, -0.1) is 0 Å². The van der Waals surface area contributed by atoms with Gasteiger partial charge in [0, 0.05) is 21.8 Å². The van der Waals surface area contributed by atoms with Crippen LogP contribution in [0.5, 0.6) is 5.75 Å². The second-order valence-corrected chi connectivity index (χ2v) is 5.90. The van der Waals surface area contributed by atoms with Gasteiger partial charge in [0.2, 0.25) is 0 Å². The zero-order valence-corrected chi connectivity index (χ0v) is 13.3. The van der Waals surface area contributed by atoms with Crippen molar-refractivity contribution in [2.45, 2.75) is 26.8 Å². The Morgan fingerprint density at radius 3 is 2.30 bits per heavy atom. The van der Waals surface area contributed by atoms with E-state index in [1.807, 2.05) is 32.9 Å². The first kappa shape index (κ1) is 14.9. The van der Waals surface area contributed by atoms with E-state index >= 15 is 0 Å². The summed E-state index contributed by atoms with van der Waals surface area (Å²) >= 11 is 3.46. The molecule has 0 amide bonds. The third-order valence-corrected chi connectivity index (χ3v) is 3.77. The summed E-state index contributed by atoms with van der Waals surface area (Å²) in [4.78, 5) is 0. The van der Waals surface area contributed by atoms with Gasteiger partial charge >= 0.3 is 0 Å². The first-order valence-corrected chi connectivity index (χ1v) is 7.19. The molecule has 0 saturated carbocycles. The fourth-order valence-electron chi connectivity index (χ4n) is 2.30. The Bertz CT molecular complexity index is 619. The van der Waals surface area contributed by atoms with Gasteiger partial charge in [0.25, 0.3) is 0 Å². The van der Waals surface area contributed by atoms with Crippen LogP contribution in [0.3, 0.4) is 0 Å². The van der Waals surface area contributed by atoms with Gasteiger partial charge in [-0.25, -0.2) is 4.39 Å². The molecule has 2 aromatic carbocycles. The monoisotopic (exact) mass is 337 g/mol. The van der Waals surface area contributed by atoms with Gasteiger partial charge < -0.3 is 10.4 Å². The molecule has 0 aliphatic heterocycles. The summed E-state index contributed by atoms with van der Waals surface area (Å²) in [6.07, 6.45) is 0. The molecule has 2 N–H and O–H groups in total. The average molecular weight is 338 g/mol. The number of aryl methyl sites for hydroxylation is 2. The minimum atomic E-state index is -0.405. The van der Waals surface area contributed by atoms with Crippen LogP contribution in [0.1, 0.15) is 29.7 Å². The van der Waals surface area contributed by atoms with E-state index < -0.39 is 5.82 Å². The summed E-state index contributed by atoms with van der Waals surface area (Å²) < 4.78 is 14.9. The van der Waals surface area contributed by atoms with Crippen LogP contribution in [-0.2, 0) is 0 Å². The van der Waals surface area contributed by atoms with Crippen molar-refractivity contribution in [3.05, 3.63) is 57.3 Å². The molecule has 106 valence electrons. The summed E-state index contributed by atoms with van der Waals surface area (Å²) in [5, 5.41) is 12.6. The van der Waals surface area contributed by atoms with Crippen molar-refractivity contribution in [3.63, 3.8) is 0 Å². The van der Waals surface area contributed by atoms with E-state index in [2.05, 4.69) is 21.2 Å². The first-order chi connectivity index (χ1) is 9.38. The van der Waals surface area contributed by atoms with E-state index in [1.165, 1.54) is 6.07 Å². The number of aromatic hydroxyl groups is 1. The molecule has 1 unspecified atom stereocenters. The highest BCUT2D eigenvalue weighted by atomic mass is 79.9. The number of benzene rings is 2. The van der Waals surface area contributed by atoms with Crippen LogP contribution in [0.2, 0.25) is 0 Å². The van der Waals surface area contributed by atoms with Crippen molar-refractivity contribution < 1.29 is 9.50 Å². The third-order valence-electron chi connectivity index (χ3n) is 3.31. The van der Waals surface area contributed by atoms with Gasteiger partial charge in [-0.1, -0.05) is 22.0 Å². The minimum absolute atomic E-state index is 0.0607. The van der Waals surface area contributed by atoms with E-state index in [1.54, 1.807) is 6.07 Å². The molecule has 2 rings (SSSR count). The van der Waals surface area contributed by atoms with Crippen molar-refractivity contribution >= 4 is 21.6 Å². The van der Waals surface area contributed by atoms with Crippen LogP contribution in [0.4, 0.5) is 10.1 Å². The molecule has 0 aromatic heterocycles. The first-order valence-electron chi connectivity index (χ1n) is 6.40. The van der Waals surface area contributed by atoms with Crippen molar-refractivity contribution in [1.29, 1.82) is 0 Å². The maximum Gasteiger partial charge on any atom is 0.132 e. The summed E-state index contributed by atoms with van der Waals surface area (Å²) in [5.41, 5.74) is 3.74. The summed E-state index contributed by atoms with van der Waals surface area (Å²) in [6.45, 7) is 5.93. The van der Waals surface area contributed by atoms with Crippen LogP contribution < -0.4 is 5.32 Å². The fourth-order valence-corrected chi connectivity index (χ4v) is 2.99. The largest absolute Gasteiger partial charge is 0.508 e. The van der Waals surface area contributed by atoms with Gasteiger partial charge in [0.05, 0.1) is 6.04 Å². The number of hydrogen-bond acceptors (Lipinski definition) is 2. The summed E-state index contributed by atoms with van der Waals surface area (Å²) in [6, 6.07) is 8.09. The summed E-state index contributed by atoms with van der Waals surface area (Å²) in [7, 11) is 0. The second kappa shape index (κ2) is 5.83. The Kier molecular flexibility index (Phi) is 4.33. The zero-order valence-electron chi connectivity index (χ0n) is 11.7. The lowest BCUT2D eigenvalue weighted by atomic mass is 10.0. The Hall–Kier alpha value is -1.55. The highest BCUT2D eigenvalue weighted by Gasteiger charge is 2.13. The molecule has 0 aliphatic carbocycles. The van der Waals surface area contributed by atoms with Crippen LogP contribution >= 0.6 is 15.9 Å². The van der Waals surface area contributed by atoms with Crippen molar-refractivity contribution in [2.24, 2.45) is 0 Å². The second-order valence-electron chi connectivity index (χ2n) is 4.99. The van der Waals surface area contributed by atoms with Crippen LogP contribution in [0, 0.1) is 19.7 Å². The molecule has 0 spiro atoms. The number of rotatable bonds is 3. The standard InChI is InChI=1S/C16H17BrFNO/c1-9-6-12(17)7-10(2)16(9)19-11(3)14-5-4-13(20)8-15(14)18/h4-8,11,19-20H,1-3H3. The van der Waals surface area contributed by atoms with Crippen LogP contribution in [0.15, 0.2) is 34.8 Å². The number of phenolic OH excluding ortho intramolecular Hbond substituents is 1. The number of anilines is 1. The molecular formula is C16H17BrFNO.